The van der Waals surface area contributed by atoms with Gasteiger partial charge in [-0.05, 0) is 60.0 Å². The standard InChI is InChI=1S/C28H25NO10/c1-3-36-17-6-7-18-20(11-17)26(19-8-5-16(35-2)12-22(19)37-13-24(30)31)29(27(32)28(33)34)25(18)15-4-9-21-23(10-15)39-14-38-21/h4-12,25-26H,3,13-14H2,1-2H3,(H,30,31)(H,33,34)/t25-,26-/m1/s1. The van der Waals surface area contributed by atoms with Crippen molar-refractivity contribution in [3.8, 4) is 28.7 Å². The molecule has 2 heterocycles. The first-order chi connectivity index (χ1) is 18.8. The zero-order valence-electron chi connectivity index (χ0n) is 21.1. The lowest BCUT2D eigenvalue weighted by Gasteiger charge is -2.31. The molecule has 5 rings (SSSR count). The van der Waals surface area contributed by atoms with Crippen molar-refractivity contribution in [1.82, 2.24) is 4.90 Å². The highest BCUT2D eigenvalue weighted by molar-refractivity contribution is 6.31. The second kappa shape index (κ2) is 10.4. The van der Waals surface area contributed by atoms with Gasteiger partial charge in [-0.3, -0.25) is 4.79 Å². The molecule has 11 nitrogen and oxygen atoms in total. The molecule has 0 aromatic heterocycles. The van der Waals surface area contributed by atoms with Crippen molar-refractivity contribution in [3.05, 3.63) is 76.9 Å². The molecule has 0 bridgehead atoms. The number of hydrogen-bond donors (Lipinski definition) is 2. The minimum absolute atomic E-state index is 0.0499. The molecule has 0 radical (unpaired) electrons. The summed E-state index contributed by atoms with van der Waals surface area (Å²) in [7, 11) is 1.45. The zero-order valence-corrected chi connectivity index (χ0v) is 21.1. The summed E-state index contributed by atoms with van der Waals surface area (Å²) in [6.07, 6.45) is 0. The highest BCUT2D eigenvalue weighted by atomic mass is 16.7. The molecule has 0 spiro atoms. The van der Waals surface area contributed by atoms with Crippen LogP contribution in [0.15, 0.2) is 54.6 Å². The van der Waals surface area contributed by atoms with Gasteiger partial charge in [0, 0.05) is 11.6 Å². The van der Waals surface area contributed by atoms with Gasteiger partial charge >= 0.3 is 17.8 Å². The molecule has 11 heteroatoms. The number of carbonyl (C=O) groups excluding carboxylic acids is 1. The van der Waals surface area contributed by atoms with Crippen LogP contribution in [0.5, 0.6) is 28.7 Å². The number of nitrogens with zero attached hydrogens (tertiary/aromatic N) is 1. The molecule has 2 aliphatic rings. The Morgan fingerprint density at radius 3 is 2.33 bits per heavy atom. The summed E-state index contributed by atoms with van der Waals surface area (Å²) in [4.78, 5) is 38.1. The summed E-state index contributed by atoms with van der Waals surface area (Å²) >= 11 is 0. The van der Waals surface area contributed by atoms with Gasteiger partial charge in [-0.15, -0.1) is 0 Å². The number of carboxylic acid groups (broad SMARTS) is 2. The van der Waals surface area contributed by atoms with Crippen molar-refractivity contribution in [2.24, 2.45) is 0 Å². The third-order valence-electron chi connectivity index (χ3n) is 6.51. The van der Waals surface area contributed by atoms with Crippen LogP contribution in [0.2, 0.25) is 0 Å². The van der Waals surface area contributed by atoms with E-state index in [1.165, 1.54) is 18.1 Å². The average Bonchev–Trinajstić information content (AvgIpc) is 3.53. The number of methoxy groups -OCH3 is 1. The molecule has 0 aliphatic carbocycles. The summed E-state index contributed by atoms with van der Waals surface area (Å²) < 4.78 is 27.6. The van der Waals surface area contributed by atoms with Gasteiger partial charge in [0.2, 0.25) is 6.79 Å². The van der Waals surface area contributed by atoms with Crippen LogP contribution in [0, 0.1) is 0 Å². The summed E-state index contributed by atoms with van der Waals surface area (Å²) in [5.74, 6) is -1.95. The van der Waals surface area contributed by atoms with Crippen molar-refractivity contribution in [3.63, 3.8) is 0 Å². The number of amides is 1. The Morgan fingerprint density at radius 1 is 0.872 bits per heavy atom. The third-order valence-corrected chi connectivity index (χ3v) is 6.51. The van der Waals surface area contributed by atoms with Crippen molar-refractivity contribution < 1.29 is 48.3 Å². The van der Waals surface area contributed by atoms with E-state index in [0.29, 0.717) is 51.9 Å². The van der Waals surface area contributed by atoms with Gasteiger partial charge in [-0.2, -0.15) is 0 Å². The highest BCUT2D eigenvalue weighted by Crippen LogP contribution is 2.52. The monoisotopic (exact) mass is 535 g/mol. The molecule has 0 saturated heterocycles. The number of fused-ring (bicyclic) bond motifs is 2. The maximum atomic E-state index is 13.4. The molecule has 202 valence electrons. The molecule has 0 saturated carbocycles. The molecule has 2 N–H and O–H groups in total. The molecule has 2 aliphatic heterocycles. The number of ether oxygens (including phenoxy) is 5. The average molecular weight is 536 g/mol. The van der Waals surface area contributed by atoms with Crippen molar-refractivity contribution in [1.29, 1.82) is 0 Å². The first kappa shape index (κ1) is 25.7. The molecule has 39 heavy (non-hydrogen) atoms. The van der Waals surface area contributed by atoms with Gasteiger partial charge in [-0.25, -0.2) is 9.59 Å². The van der Waals surface area contributed by atoms with Crippen LogP contribution in [0.1, 0.15) is 41.3 Å². The van der Waals surface area contributed by atoms with Crippen LogP contribution >= 0.6 is 0 Å². The maximum Gasteiger partial charge on any atom is 0.394 e. The van der Waals surface area contributed by atoms with E-state index in [1.54, 1.807) is 48.5 Å². The molecule has 0 unspecified atom stereocenters. The van der Waals surface area contributed by atoms with Gasteiger partial charge in [-0.1, -0.05) is 12.1 Å². The Labute approximate surface area is 223 Å². The molecule has 3 aromatic carbocycles. The van der Waals surface area contributed by atoms with Crippen LogP contribution in [0.4, 0.5) is 0 Å². The van der Waals surface area contributed by atoms with Crippen LogP contribution in [-0.2, 0) is 14.4 Å². The van der Waals surface area contributed by atoms with E-state index in [-0.39, 0.29) is 12.5 Å². The van der Waals surface area contributed by atoms with Gasteiger partial charge in [0.1, 0.15) is 17.2 Å². The number of carboxylic acids is 2. The van der Waals surface area contributed by atoms with Gasteiger partial charge in [0.15, 0.2) is 18.1 Å². The number of rotatable bonds is 8. The quantitative estimate of drug-likeness (QED) is 0.412. The number of carbonyl (C=O) groups is 3. The highest BCUT2D eigenvalue weighted by Gasteiger charge is 2.46. The van der Waals surface area contributed by atoms with Crippen LogP contribution in [0.3, 0.4) is 0 Å². The molecule has 0 fully saturated rings. The molecule has 1 amide bonds. The minimum Gasteiger partial charge on any atom is -0.497 e. The Kier molecular flexibility index (Phi) is 6.88. The lowest BCUT2D eigenvalue weighted by Crippen LogP contribution is -2.38. The number of hydrogen-bond acceptors (Lipinski definition) is 8. The minimum atomic E-state index is -1.65. The summed E-state index contributed by atoms with van der Waals surface area (Å²) in [5.41, 5.74) is 2.24. The summed E-state index contributed by atoms with van der Waals surface area (Å²) in [5, 5.41) is 19.1. The van der Waals surface area contributed by atoms with E-state index in [4.69, 9.17) is 23.7 Å². The number of aliphatic carboxylic acids is 2. The topological polar surface area (TPSA) is 141 Å². The van der Waals surface area contributed by atoms with Crippen molar-refractivity contribution in [2.75, 3.05) is 27.1 Å². The van der Waals surface area contributed by atoms with E-state index in [1.807, 2.05) is 6.92 Å². The van der Waals surface area contributed by atoms with Crippen LogP contribution in [0.25, 0.3) is 0 Å². The van der Waals surface area contributed by atoms with Crippen LogP contribution < -0.4 is 23.7 Å². The Bertz CT molecular complexity index is 1450. The largest absolute Gasteiger partial charge is 0.497 e. The fourth-order valence-corrected chi connectivity index (χ4v) is 4.96. The van der Waals surface area contributed by atoms with Gasteiger partial charge < -0.3 is 38.8 Å². The second-order valence-electron chi connectivity index (χ2n) is 8.75. The Morgan fingerprint density at radius 2 is 1.62 bits per heavy atom. The molecular formula is C28H25NO10. The third kappa shape index (κ3) is 4.74. The van der Waals surface area contributed by atoms with Gasteiger partial charge in [0.25, 0.3) is 0 Å². The molecular weight excluding hydrogens is 510 g/mol. The first-order valence-corrected chi connectivity index (χ1v) is 12.1. The lowest BCUT2D eigenvalue weighted by atomic mass is 9.94. The fraction of sp³-hybridized carbons (Fsp3) is 0.250. The lowest BCUT2D eigenvalue weighted by molar-refractivity contribution is -0.157. The van der Waals surface area contributed by atoms with E-state index in [9.17, 15) is 24.6 Å². The van der Waals surface area contributed by atoms with Gasteiger partial charge in [0.05, 0.1) is 25.8 Å². The number of benzene rings is 3. The molecule has 2 atom stereocenters. The Balaban J connectivity index is 1.74. The van der Waals surface area contributed by atoms with Crippen LogP contribution in [-0.4, -0.2) is 60.1 Å². The zero-order chi connectivity index (χ0) is 27.7. The fourth-order valence-electron chi connectivity index (χ4n) is 4.96. The maximum absolute atomic E-state index is 13.4. The van der Waals surface area contributed by atoms with E-state index >= 15 is 0 Å². The second-order valence-corrected chi connectivity index (χ2v) is 8.75. The van der Waals surface area contributed by atoms with Crippen molar-refractivity contribution >= 4 is 17.8 Å². The normalized spacial score (nSPS) is 16.9. The predicted octanol–water partition coefficient (Wildman–Crippen LogP) is 3.39. The molecule has 3 aromatic rings. The summed E-state index contributed by atoms with van der Waals surface area (Å²) in [6.45, 7) is 1.62. The van der Waals surface area contributed by atoms with Crippen molar-refractivity contribution in [2.45, 2.75) is 19.0 Å². The SMILES string of the molecule is CCOc1ccc2c(c1)[C@@H](c1ccc(OC)cc1OCC(=O)O)N(C(=O)C(=O)O)[C@@H]2c1ccc2c(c1)OCO2. The summed E-state index contributed by atoms with van der Waals surface area (Å²) in [6, 6.07) is 13.4. The Hall–Kier alpha value is -4.93. The predicted molar refractivity (Wildman–Crippen MR) is 134 cm³/mol. The smallest absolute Gasteiger partial charge is 0.394 e. The van der Waals surface area contributed by atoms with E-state index in [2.05, 4.69) is 0 Å². The first-order valence-electron chi connectivity index (χ1n) is 12.1. The van der Waals surface area contributed by atoms with E-state index < -0.39 is 36.5 Å². The van der Waals surface area contributed by atoms with E-state index in [0.717, 1.165) is 0 Å².